The van der Waals surface area contributed by atoms with Gasteiger partial charge in [-0.15, -0.1) is 0 Å². The largest absolute Gasteiger partial charge is 0.457 e. The van der Waals surface area contributed by atoms with Crippen LogP contribution in [0.25, 0.3) is 17.4 Å². The lowest BCUT2D eigenvalue weighted by Crippen LogP contribution is -2.05. The van der Waals surface area contributed by atoms with Crippen molar-refractivity contribution in [3.63, 3.8) is 0 Å². The van der Waals surface area contributed by atoms with E-state index in [9.17, 15) is 14.9 Å². The lowest BCUT2D eigenvalue weighted by Gasteiger charge is -2.00. The Balaban J connectivity index is 1.66. The van der Waals surface area contributed by atoms with Gasteiger partial charge in [-0.25, -0.2) is 9.79 Å². The lowest BCUT2D eigenvalue weighted by atomic mass is 10.1. The molecule has 0 amide bonds. The fraction of sp³-hybridized carbons (Fsp3) is 0. The predicted molar refractivity (Wildman–Crippen MR) is 108 cm³/mol. The average Bonchev–Trinajstić information content (AvgIpc) is 3.29. The zero-order valence-corrected chi connectivity index (χ0v) is 16.0. The molecular weight excluding hydrogens is 419 g/mol. The number of cyclic esters (lactones) is 1. The van der Waals surface area contributed by atoms with Crippen molar-refractivity contribution in [2.45, 2.75) is 0 Å². The second-order valence-electron chi connectivity index (χ2n) is 5.94. The summed E-state index contributed by atoms with van der Waals surface area (Å²) in [5, 5.41) is 11.7. The Morgan fingerprint density at radius 3 is 2.52 bits per heavy atom. The first-order chi connectivity index (χ1) is 13.9. The molecule has 4 rings (SSSR count). The van der Waals surface area contributed by atoms with E-state index in [1.807, 2.05) is 0 Å². The van der Waals surface area contributed by atoms with Crippen LogP contribution in [0.3, 0.4) is 0 Å². The first-order valence-corrected chi connectivity index (χ1v) is 8.99. The molecule has 144 valence electrons. The molecule has 1 aliphatic heterocycles. The van der Waals surface area contributed by atoms with Crippen molar-refractivity contribution in [2.24, 2.45) is 4.99 Å². The molecule has 2 aromatic carbocycles. The Labute approximate surface area is 174 Å². The number of nitrogens with zero attached hydrogens (tertiary/aromatic N) is 2. The predicted octanol–water partition coefficient (Wildman–Crippen LogP) is 5.51. The van der Waals surface area contributed by atoms with Crippen LogP contribution in [-0.4, -0.2) is 16.8 Å². The molecule has 0 spiro atoms. The fourth-order valence-electron chi connectivity index (χ4n) is 2.68. The summed E-state index contributed by atoms with van der Waals surface area (Å²) in [6, 6.07) is 14.1. The molecule has 0 bridgehead atoms. The minimum atomic E-state index is -0.647. The standard InChI is InChI=1S/C20H10Cl2N2O5/c21-15-4-2-1-3-13(15)19-23-17(20(25)29-19)10-12-6-8-18(28-12)14-9-11(24(26)27)5-7-16(14)22/h1-10H/b17-10-. The number of nitro benzene ring substituents is 1. The molecule has 2 heterocycles. The molecule has 0 N–H and O–H groups in total. The normalized spacial score (nSPS) is 14.8. The molecular formula is C20H10Cl2N2O5. The van der Waals surface area contributed by atoms with E-state index in [-0.39, 0.29) is 17.3 Å². The van der Waals surface area contributed by atoms with Gasteiger partial charge in [-0.2, -0.15) is 0 Å². The number of hydrogen-bond acceptors (Lipinski definition) is 6. The van der Waals surface area contributed by atoms with Gasteiger partial charge in [0.05, 0.1) is 20.5 Å². The third-order valence-electron chi connectivity index (χ3n) is 4.06. The Hall–Kier alpha value is -3.42. The summed E-state index contributed by atoms with van der Waals surface area (Å²) in [5.41, 5.74) is 0.772. The highest BCUT2D eigenvalue weighted by atomic mass is 35.5. The summed E-state index contributed by atoms with van der Waals surface area (Å²) in [6.45, 7) is 0. The smallest absolute Gasteiger partial charge is 0.363 e. The number of esters is 1. The number of carbonyl (C=O) groups excluding carboxylic acids is 1. The van der Waals surface area contributed by atoms with Crippen molar-refractivity contribution in [3.8, 4) is 11.3 Å². The zero-order valence-electron chi connectivity index (χ0n) is 14.5. The second-order valence-corrected chi connectivity index (χ2v) is 6.75. The SMILES string of the molecule is O=C1OC(c2ccccc2Cl)=N/C1=C\c1ccc(-c2cc([N+](=O)[O-])ccc2Cl)o1. The molecule has 0 saturated heterocycles. The minimum absolute atomic E-state index is 0.0333. The molecule has 0 aliphatic carbocycles. The van der Waals surface area contributed by atoms with Gasteiger partial charge in [-0.3, -0.25) is 10.1 Å². The number of carbonyl (C=O) groups is 1. The van der Waals surface area contributed by atoms with Gasteiger partial charge in [0.1, 0.15) is 11.5 Å². The maximum atomic E-state index is 12.1. The lowest BCUT2D eigenvalue weighted by molar-refractivity contribution is -0.384. The first kappa shape index (κ1) is 18.9. The quantitative estimate of drug-likeness (QED) is 0.236. The topological polar surface area (TPSA) is 94.9 Å². The van der Waals surface area contributed by atoms with E-state index in [4.69, 9.17) is 32.4 Å². The van der Waals surface area contributed by atoms with Crippen LogP contribution in [0.15, 0.2) is 69.7 Å². The van der Waals surface area contributed by atoms with E-state index in [0.29, 0.717) is 32.7 Å². The number of non-ortho nitro benzene ring substituents is 1. The van der Waals surface area contributed by atoms with Crippen LogP contribution in [0.5, 0.6) is 0 Å². The third kappa shape index (κ3) is 3.78. The van der Waals surface area contributed by atoms with Crippen LogP contribution in [0.2, 0.25) is 10.0 Å². The van der Waals surface area contributed by atoms with Gasteiger partial charge in [0.15, 0.2) is 5.70 Å². The van der Waals surface area contributed by atoms with Crippen LogP contribution >= 0.6 is 23.2 Å². The number of aliphatic imine (C=N–C) groups is 1. The van der Waals surface area contributed by atoms with Crippen molar-refractivity contribution in [2.75, 3.05) is 0 Å². The van der Waals surface area contributed by atoms with Crippen LogP contribution in [-0.2, 0) is 9.53 Å². The van der Waals surface area contributed by atoms with E-state index >= 15 is 0 Å². The van der Waals surface area contributed by atoms with Gasteiger partial charge in [-0.05, 0) is 30.3 Å². The van der Waals surface area contributed by atoms with E-state index in [1.165, 1.54) is 24.3 Å². The second kappa shape index (κ2) is 7.54. The number of furan rings is 1. The average molecular weight is 429 g/mol. The van der Waals surface area contributed by atoms with Gasteiger partial charge in [0.25, 0.3) is 5.69 Å². The number of nitro groups is 1. The summed E-state index contributed by atoms with van der Waals surface area (Å²) >= 11 is 12.2. The molecule has 0 fully saturated rings. The highest BCUT2D eigenvalue weighted by molar-refractivity contribution is 6.34. The van der Waals surface area contributed by atoms with Gasteiger partial charge >= 0.3 is 5.97 Å². The van der Waals surface area contributed by atoms with Gasteiger partial charge in [-0.1, -0.05) is 35.3 Å². The van der Waals surface area contributed by atoms with Crippen molar-refractivity contribution in [3.05, 3.63) is 91.8 Å². The molecule has 29 heavy (non-hydrogen) atoms. The molecule has 7 nitrogen and oxygen atoms in total. The van der Waals surface area contributed by atoms with E-state index in [0.717, 1.165) is 0 Å². The van der Waals surface area contributed by atoms with Crippen molar-refractivity contribution < 1.29 is 18.9 Å². The molecule has 0 unspecified atom stereocenters. The molecule has 1 aromatic heterocycles. The van der Waals surface area contributed by atoms with Crippen LogP contribution in [0.1, 0.15) is 11.3 Å². The Morgan fingerprint density at radius 2 is 1.76 bits per heavy atom. The summed E-state index contributed by atoms with van der Waals surface area (Å²) < 4.78 is 10.9. The summed E-state index contributed by atoms with van der Waals surface area (Å²) in [7, 11) is 0. The fourth-order valence-corrected chi connectivity index (χ4v) is 3.11. The van der Waals surface area contributed by atoms with Gasteiger partial charge in [0.2, 0.25) is 5.90 Å². The summed E-state index contributed by atoms with van der Waals surface area (Å²) in [5.74, 6) is 0.0671. The minimum Gasteiger partial charge on any atom is -0.457 e. The maximum absolute atomic E-state index is 12.1. The van der Waals surface area contributed by atoms with Crippen molar-refractivity contribution >= 4 is 46.8 Å². The van der Waals surface area contributed by atoms with E-state index in [1.54, 1.807) is 36.4 Å². The monoisotopic (exact) mass is 428 g/mol. The molecule has 3 aromatic rings. The number of hydrogen-bond donors (Lipinski definition) is 0. The summed E-state index contributed by atoms with van der Waals surface area (Å²) in [6.07, 6.45) is 1.40. The Bertz CT molecular complexity index is 1210. The third-order valence-corrected chi connectivity index (χ3v) is 4.72. The summed E-state index contributed by atoms with van der Waals surface area (Å²) in [4.78, 5) is 26.8. The number of rotatable bonds is 4. The van der Waals surface area contributed by atoms with Crippen molar-refractivity contribution in [1.82, 2.24) is 0 Å². The van der Waals surface area contributed by atoms with Crippen LogP contribution in [0.4, 0.5) is 5.69 Å². The maximum Gasteiger partial charge on any atom is 0.363 e. The number of halogens is 2. The molecule has 9 heteroatoms. The zero-order chi connectivity index (χ0) is 20.5. The van der Waals surface area contributed by atoms with E-state index < -0.39 is 10.9 Å². The highest BCUT2D eigenvalue weighted by Gasteiger charge is 2.26. The molecule has 0 saturated carbocycles. The van der Waals surface area contributed by atoms with Gasteiger partial charge in [0, 0.05) is 23.8 Å². The van der Waals surface area contributed by atoms with Crippen LogP contribution in [0, 0.1) is 10.1 Å². The van der Waals surface area contributed by atoms with Crippen molar-refractivity contribution in [1.29, 1.82) is 0 Å². The van der Waals surface area contributed by atoms with Gasteiger partial charge < -0.3 is 9.15 Å². The molecule has 1 aliphatic rings. The molecule has 0 radical (unpaired) electrons. The number of benzene rings is 2. The first-order valence-electron chi connectivity index (χ1n) is 8.24. The Kier molecular flexibility index (Phi) is 4.92. The molecule has 0 atom stereocenters. The van der Waals surface area contributed by atoms with Crippen LogP contribution < -0.4 is 0 Å². The Morgan fingerprint density at radius 1 is 1.00 bits per heavy atom. The van der Waals surface area contributed by atoms with E-state index in [2.05, 4.69) is 4.99 Å². The number of ether oxygens (including phenoxy) is 1. The highest BCUT2D eigenvalue weighted by Crippen LogP contribution is 2.33.